The molecule has 1 amide bonds. The molecule has 0 bridgehead atoms. The molecule has 2 N–H and O–H groups in total. The summed E-state index contributed by atoms with van der Waals surface area (Å²) in [6.07, 6.45) is 4.11. The zero-order valence-corrected chi connectivity index (χ0v) is 17.5. The third-order valence-corrected chi connectivity index (χ3v) is 5.30. The fourth-order valence-electron chi connectivity index (χ4n) is 3.36. The van der Waals surface area contributed by atoms with Gasteiger partial charge < -0.3 is 15.4 Å². The molecule has 1 saturated heterocycles. The third kappa shape index (κ3) is 7.16. The van der Waals surface area contributed by atoms with Crippen molar-refractivity contribution in [3.8, 4) is 5.75 Å². The molecule has 2 atom stereocenters. The van der Waals surface area contributed by atoms with Crippen LogP contribution in [0.2, 0.25) is 0 Å². The Balaban J connectivity index is 0.00000338. The molecule has 5 heteroatoms. The summed E-state index contributed by atoms with van der Waals surface area (Å²) in [5.74, 6) is 2.13. The standard InChI is InChI=1S/C21H34N2O2.ClH/c1-5-17(4)25-20-12-15(2)6-7-19(20)14-23-21(24)13-16(3)18-8-10-22-11-9-18;/h6-7,12,16-18,22H,5,8-11,13-14H2,1-4H3,(H,23,24);1H. The Bertz CT molecular complexity index is 559. The number of rotatable bonds is 8. The first kappa shape index (κ1) is 22.8. The van der Waals surface area contributed by atoms with Crippen molar-refractivity contribution in [1.82, 2.24) is 10.6 Å². The first-order chi connectivity index (χ1) is 12.0. The van der Waals surface area contributed by atoms with Gasteiger partial charge in [0.25, 0.3) is 0 Å². The Hall–Kier alpha value is -1.26. The maximum atomic E-state index is 12.4. The van der Waals surface area contributed by atoms with Crippen molar-refractivity contribution in [2.24, 2.45) is 11.8 Å². The van der Waals surface area contributed by atoms with Crippen molar-refractivity contribution in [3.05, 3.63) is 29.3 Å². The second-order valence-corrected chi connectivity index (χ2v) is 7.49. The molecule has 1 aliphatic heterocycles. The molecule has 0 radical (unpaired) electrons. The topological polar surface area (TPSA) is 50.4 Å². The zero-order valence-electron chi connectivity index (χ0n) is 16.6. The van der Waals surface area contributed by atoms with Crippen molar-refractivity contribution in [3.63, 3.8) is 0 Å². The molecule has 0 spiro atoms. The van der Waals surface area contributed by atoms with E-state index < -0.39 is 0 Å². The van der Waals surface area contributed by atoms with E-state index in [9.17, 15) is 4.79 Å². The number of hydrogen-bond donors (Lipinski definition) is 2. The quantitative estimate of drug-likeness (QED) is 0.707. The summed E-state index contributed by atoms with van der Waals surface area (Å²) in [6.45, 7) is 11.2. The summed E-state index contributed by atoms with van der Waals surface area (Å²) in [5, 5.41) is 6.47. The minimum atomic E-state index is 0. The Morgan fingerprint density at radius 1 is 1.31 bits per heavy atom. The van der Waals surface area contributed by atoms with Gasteiger partial charge in [-0.1, -0.05) is 26.0 Å². The summed E-state index contributed by atoms with van der Waals surface area (Å²) < 4.78 is 6.03. The molecule has 1 heterocycles. The second kappa shape index (κ2) is 11.5. The number of nitrogens with one attached hydrogen (secondary N) is 2. The maximum Gasteiger partial charge on any atom is 0.220 e. The molecule has 1 aromatic rings. The molecule has 2 unspecified atom stereocenters. The lowest BCUT2D eigenvalue weighted by Crippen LogP contribution is -2.33. The number of hydrogen-bond acceptors (Lipinski definition) is 3. The van der Waals surface area contributed by atoms with E-state index in [1.807, 2.05) is 0 Å². The van der Waals surface area contributed by atoms with Gasteiger partial charge in [-0.15, -0.1) is 12.4 Å². The molecule has 1 fully saturated rings. The highest BCUT2D eigenvalue weighted by Crippen LogP contribution is 2.25. The predicted molar refractivity (Wildman–Crippen MR) is 110 cm³/mol. The fraction of sp³-hybridized carbons (Fsp3) is 0.667. The average Bonchev–Trinajstić information content (AvgIpc) is 2.61. The van der Waals surface area contributed by atoms with E-state index in [2.05, 4.69) is 56.5 Å². The maximum absolute atomic E-state index is 12.4. The zero-order chi connectivity index (χ0) is 18.2. The summed E-state index contributed by atoms with van der Waals surface area (Å²) in [4.78, 5) is 12.4. The molecule has 1 aliphatic rings. The highest BCUT2D eigenvalue weighted by Gasteiger charge is 2.22. The largest absolute Gasteiger partial charge is 0.490 e. The van der Waals surface area contributed by atoms with E-state index >= 15 is 0 Å². The van der Waals surface area contributed by atoms with Crippen LogP contribution in [0.25, 0.3) is 0 Å². The highest BCUT2D eigenvalue weighted by molar-refractivity contribution is 5.85. The lowest BCUT2D eigenvalue weighted by atomic mass is 9.84. The van der Waals surface area contributed by atoms with E-state index in [-0.39, 0.29) is 24.4 Å². The number of amides is 1. The van der Waals surface area contributed by atoms with Gasteiger partial charge in [-0.25, -0.2) is 0 Å². The number of carbonyl (C=O) groups excluding carboxylic acids is 1. The van der Waals surface area contributed by atoms with Crippen molar-refractivity contribution in [2.45, 2.75) is 66.0 Å². The molecule has 148 valence electrons. The Kier molecular flexibility index (Phi) is 10.0. The van der Waals surface area contributed by atoms with Crippen LogP contribution < -0.4 is 15.4 Å². The lowest BCUT2D eigenvalue weighted by Gasteiger charge is -2.28. The van der Waals surface area contributed by atoms with Gasteiger partial charge in [0, 0.05) is 18.5 Å². The average molecular weight is 383 g/mol. The Labute approximate surface area is 164 Å². The summed E-state index contributed by atoms with van der Waals surface area (Å²) in [5.41, 5.74) is 2.22. The summed E-state index contributed by atoms with van der Waals surface area (Å²) in [7, 11) is 0. The molecule has 0 aromatic heterocycles. The predicted octanol–water partition coefficient (Wildman–Crippen LogP) is 4.24. The summed E-state index contributed by atoms with van der Waals surface area (Å²) >= 11 is 0. The molecule has 4 nitrogen and oxygen atoms in total. The van der Waals surface area contributed by atoms with Crippen LogP contribution in [0.4, 0.5) is 0 Å². The minimum Gasteiger partial charge on any atom is -0.490 e. The van der Waals surface area contributed by atoms with Gasteiger partial charge in [-0.05, 0) is 69.7 Å². The fourth-order valence-corrected chi connectivity index (χ4v) is 3.36. The van der Waals surface area contributed by atoms with Crippen LogP contribution in [-0.2, 0) is 11.3 Å². The number of benzene rings is 1. The third-order valence-electron chi connectivity index (χ3n) is 5.30. The van der Waals surface area contributed by atoms with Crippen LogP contribution in [0.5, 0.6) is 5.75 Å². The number of ether oxygens (including phenoxy) is 1. The smallest absolute Gasteiger partial charge is 0.220 e. The van der Waals surface area contributed by atoms with Gasteiger partial charge in [0.2, 0.25) is 5.91 Å². The van der Waals surface area contributed by atoms with Crippen LogP contribution in [-0.4, -0.2) is 25.1 Å². The van der Waals surface area contributed by atoms with E-state index in [1.54, 1.807) is 0 Å². The molecule has 0 saturated carbocycles. The van der Waals surface area contributed by atoms with Crippen molar-refractivity contribution in [1.29, 1.82) is 0 Å². The summed E-state index contributed by atoms with van der Waals surface area (Å²) in [6, 6.07) is 6.19. The molecule has 0 aliphatic carbocycles. The number of halogens is 1. The first-order valence-electron chi connectivity index (χ1n) is 9.73. The van der Waals surface area contributed by atoms with E-state index in [1.165, 1.54) is 18.4 Å². The molecule has 1 aromatic carbocycles. The van der Waals surface area contributed by atoms with Crippen molar-refractivity contribution < 1.29 is 9.53 Å². The Morgan fingerprint density at radius 3 is 2.65 bits per heavy atom. The first-order valence-corrected chi connectivity index (χ1v) is 9.73. The van der Waals surface area contributed by atoms with Gasteiger partial charge in [0.1, 0.15) is 5.75 Å². The van der Waals surface area contributed by atoms with E-state index in [0.29, 0.717) is 24.8 Å². The van der Waals surface area contributed by atoms with Gasteiger partial charge in [0.05, 0.1) is 6.10 Å². The highest BCUT2D eigenvalue weighted by atomic mass is 35.5. The van der Waals surface area contributed by atoms with Crippen LogP contribution in [0, 0.1) is 18.8 Å². The van der Waals surface area contributed by atoms with Gasteiger partial charge >= 0.3 is 0 Å². The normalized spacial score (nSPS) is 17.1. The van der Waals surface area contributed by atoms with Crippen molar-refractivity contribution >= 4 is 18.3 Å². The van der Waals surface area contributed by atoms with Crippen LogP contribution in [0.1, 0.15) is 57.6 Å². The van der Waals surface area contributed by atoms with Crippen LogP contribution >= 0.6 is 12.4 Å². The monoisotopic (exact) mass is 382 g/mol. The molecule has 26 heavy (non-hydrogen) atoms. The second-order valence-electron chi connectivity index (χ2n) is 7.49. The van der Waals surface area contributed by atoms with Crippen molar-refractivity contribution in [2.75, 3.05) is 13.1 Å². The van der Waals surface area contributed by atoms with Gasteiger partial charge in [-0.2, -0.15) is 0 Å². The van der Waals surface area contributed by atoms with Crippen LogP contribution in [0.3, 0.4) is 0 Å². The molecular weight excluding hydrogens is 348 g/mol. The number of piperidine rings is 1. The number of aryl methyl sites for hydroxylation is 1. The minimum absolute atomic E-state index is 0. The van der Waals surface area contributed by atoms with E-state index in [4.69, 9.17) is 4.74 Å². The molecule has 2 rings (SSSR count). The Morgan fingerprint density at radius 2 is 2.00 bits per heavy atom. The van der Waals surface area contributed by atoms with Gasteiger partial charge in [-0.3, -0.25) is 4.79 Å². The molecular formula is C21H35ClN2O2. The van der Waals surface area contributed by atoms with Crippen LogP contribution in [0.15, 0.2) is 18.2 Å². The SMILES string of the molecule is CCC(C)Oc1cc(C)ccc1CNC(=O)CC(C)C1CCNCC1.Cl. The number of carbonyl (C=O) groups is 1. The van der Waals surface area contributed by atoms with Gasteiger partial charge in [0.15, 0.2) is 0 Å². The van der Waals surface area contributed by atoms with E-state index in [0.717, 1.165) is 30.8 Å². The lowest BCUT2D eigenvalue weighted by molar-refractivity contribution is -0.122.